The molecule has 0 saturated carbocycles. The number of hydrogen-bond acceptors (Lipinski definition) is 4. The third kappa shape index (κ3) is 5.89. The Morgan fingerprint density at radius 3 is 2.61 bits per heavy atom. The standard InChI is InChI=1S/C16H23ClN2O4/c1-2-22-16(21)19-9-7-18(8-10-19)11-14(20)12-23-15-5-3-13(17)4-6-15/h3-6,14,20H,2,7-12H2,1H3/p+1/t14-/m1/s1. The van der Waals surface area contributed by atoms with Gasteiger partial charge in [0.1, 0.15) is 25.0 Å². The molecule has 7 heteroatoms. The summed E-state index contributed by atoms with van der Waals surface area (Å²) in [6.07, 6.45) is -0.798. The molecule has 2 N–H and O–H groups in total. The number of hydrogen-bond donors (Lipinski definition) is 2. The predicted molar refractivity (Wildman–Crippen MR) is 87.1 cm³/mol. The Balaban J connectivity index is 1.67. The van der Waals surface area contributed by atoms with Crippen molar-refractivity contribution >= 4 is 17.7 Å². The smallest absolute Gasteiger partial charge is 0.410 e. The quantitative estimate of drug-likeness (QED) is 0.786. The summed E-state index contributed by atoms with van der Waals surface area (Å²) >= 11 is 5.81. The minimum absolute atomic E-state index is 0.243. The number of carbonyl (C=O) groups excluding carboxylic acids is 1. The lowest BCUT2D eigenvalue weighted by atomic mass is 10.2. The second-order valence-corrected chi connectivity index (χ2v) is 6.00. The SMILES string of the molecule is CCOC(=O)N1CC[NH+](C[C@@H](O)COc2ccc(Cl)cc2)CC1. The molecule has 23 heavy (non-hydrogen) atoms. The van der Waals surface area contributed by atoms with E-state index in [1.807, 2.05) is 0 Å². The lowest BCUT2D eigenvalue weighted by molar-refractivity contribution is -0.907. The van der Waals surface area contributed by atoms with Crippen molar-refractivity contribution in [2.45, 2.75) is 13.0 Å². The van der Waals surface area contributed by atoms with E-state index in [0.717, 1.165) is 13.1 Å². The van der Waals surface area contributed by atoms with Crippen molar-refractivity contribution in [1.82, 2.24) is 4.90 Å². The second kappa shape index (κ2) is 8.96. The van der Waals surface area contributed by atoms with Crippen LogP contribution < -0.4 is 9.64 Å². The van der Waals surface area contributed by atoms with Gasteiger partial charge in [-0.2, -0.15) is 0 Å². The fourth-order valence-electron chi connectivity index (χ4n) is 2.54. The number of nitrogens with zero attached hydrogens (tertiary/aromatic N) is 1. The summed E-state index contributed by atoms with van der Waals surface area (Å²) in [6, 6.07) is 7.06. The van der Waals surface area contributed by atoms with E-state index in [1.165, 1.54) is 4.90 Å². The number of aliphatic hydroxyl groups is 1. The normalized spacial score (nSPS) is 16.9. The first kappa shape index (κ1) is 17.8. The molecule has 1 aromatic carbocycles. The highest BCUT2D eigenvalue weighted by Crippen LogP contribution is 2.15. The summed E-state index contributed by atoms with van der Waals surface area (Å²) < 4.78 is 10.5. The molecule has 6 nitrogen and oxygen atoms in total. The number of benzene rings is 1. The third-order valence-corrected chi connectivity index (χ3v) is 4.03. The molecule has 1 fully saturated rings. The van der Waals surface area contributed by atoms with Gasteiger partial charge in [0, 0.05) is 5.02 Å². The monoisotopic (exact) mass is 343 g/mol. The van der Waals surface area contributed by atoms with Gasteiger partial charge in [-0.3, -0.25) is 4.90 Å². The van der Waals surface area contributed by atoms with E-state index in [0.29, 0.717) is 37.0 Å². The maximum Gasteiger partial charge on any atom is 0.410 e. The summed E-state index contributed by atoms with van der Waals surface area (Å²) in [5, 5.41) is 10.8. The Hall–Kier alpha value is -1.50. The van der Waals surface area contributed by atoms with E-state index < -0.39 is 6.10 Å². The summed E-state index contributed by atoms with van der Waals surface area (Å²) in [7, 11) is 0. The van der Waals surface area contributed by atoms with Crippen LogP contribution in [0.2, 0.25) is 5.02 Å². The fourth-order valence-corrected chi connectivity index (χ4v) is 2.67. The molecule has 0 unspecified atom stereocenters. The predicted octanol–water partition coefficient (Wildman–Crippen LogP) is 0.437. The average molecular weight is 344 g/mol. The van der Waals surface area contributed by atoms with Crippen molar-refractivity contribution in [2.24, 2.45) is 0 Å². The van der Waals surface area contributed by atoms with Crippen LogP contribution in [-0.4, -0.2) is 68.1 Å². The Kier molecular flexibility index (Phi) is 6.95. The van der Waals surface area contributed by atoms with Crippen molar-refractivity contribution in [2.75, 3.05) is 45.9 Å². The van der Waals surface area contributed by atoms with Crippen molar-refractivity contribution in [3.63, 3.8) is 0 Å². The molecule has 1 amide bonds. The van der Waals surface area contributed by atoms with Gasteiger partial charge in [0.15, 0.2) is 0 Å². The number of carbonyl (C=O) groups is 1. The van der Waals surface area contributed by atoms with E-state index in [2.05, 4.69) is 0 Å². The highest BCUT2D eigenvalue weighted by Gasteiger charge is 2.26. The van der Waals surface area contributed by atoms with Gasteiger partial charge in [0.25, 0.3) is 0 Å². The van der Waals surface area contributed by atoms with E-state index in [-0.39, 0.29) is 12.7 Å². The molecule has 0 spiro atoms. The van der Waals surface area contributed by atoms with Crippen molar-refractivity contribution in [1.29, 1.82) is 0 Å². The summed E-state index contributed by atoms with van der Waals surface area (Å²) in [5.74, 6) is 0.690. The first-order valence-corrected chi connectivity index (χ1v) is 8.28. The van der Waals surface area contributed by atoms with Crippen molar-refractivity contribution < 1.29 is 24.3 Å². The Morgan fingerprint density at radius 2 is 2.00 bits per heavy atom. The number of quaternary nitrogens is 1. The van der Waals surface area contributed by atoms with Crippen LogP contribution in [0.1, 0.15) is 6.92 Å². The molecule has 1 aliphatic rings. The van der Waals surface area contributed by atoms with Gasteiger partial charge in [-0.15, -0.1) is 0 Å². The van der Waals surface area contributed by atoms with Gasteiger partial charge in [-0.05, 0) is 31.2 Å². The van der Waals surface area contributed by atoms with Crippen molar-refractivity contribution in [3.05, 3.63) is 29.3 Å². The van der Waals surface area contributed by atoms with Gasteiger partial charge >= 0.3 is 6.09 Å². The summed E-state index contributed by atoms with van der Waals surface area (Å²) in [6.45, 7) is 5.95. The zero-order chi connectivity index (χ0) is 16.7. The summed E-state index contributed by atoms with van der Waals surface area (Å²) in [4.78, 5) is 14.6. The molecule has 1 aliphatic heterocycles. The van der Waals surface area contributed by atoms with E-state index in [1.54, 1.807) is 36.1 Å². The van der Waals surface area contributed by atoms with Crippen LogP contribution in [0, 0.1) is 0 Å². The van der Waals surface area contributed by atoms with Crippen LogP contribution in [0.4, 0.5) is 4.79 Å². The van der Waals surface area contributed by atoms with Gasteiger partial charge in [-0.25, -0.2) is 4.79 Å². The van der Waals surface area contributed by atoms with E-state index in [4.69, 9.17) is 21.1 Å². The number of rotatable bonds is 6. The maximum atomic E-state index is 11.6. The number of piperazine rings is 1. The van der Waals surface area contributed by atoms with Crippen LogP contribution in [0.15, 0.2) is 24.3 Å². The van der Waals surface area contributed by atoms with Gasteiger partial charge in [-0.1, -0.05) is 11.6 Å². The molecule has 1 saturated heterocycles. The minimum Gasteiger partial charge on any atom is -0.491 e. The molecule has 2 rings (SSSR count). The van der Waals surface area contributed by atoms with Crippen LogP contribution in [0.3, 0.4) is 0 Å². The molecular formula is C16H24ClN2O4+. The molecule has 0 radical (unpaired) electrons. The number of halogens is 1. The molecule has 1 aromatic rings. The molecule has 0 bridgehead atoms. The zero-order valence-electron chi connectivity index (χ0n) is 13.3. The van der Waals surface area contributed by atoms with E-state index in [9.17, 15) is 9.90 Å². The largest absolute Gasteiger partial charge is 0.491 e. The number of amides is 1. The van der Waals surface area contributed by atoms with Crippen LogP contribution >= 0.6 is 11.6 Å². The summed E-state index contributed by atoms with van der Waals surface area (Å²) in [5.41, 5.74) is 0. The lowest BCUT2D eigenvalue weighted by Crippen LogP contribution is -3.16. The highest BCUT2D eigenvalue weighted by atomic mass is 35.5. The molecule has 0 aromatic heterocycles. The second-order valence-electron chi connectivity index (χ2n) is 5.56. The first-order valence-electron chi connectivity index (χ1n) is 7.90. The van der Waals surface area contributed by atoms with E-state index >= 15 is 0 Å². The van der Waals surface area contributed by atoms with Gasteiger partial charge < -0.3 is 19.5 Å². The molecule has 1 atom stereocenters. The number of nitrogens with one attached hydrogen (secondary N) is 1. The van der Waals surface area contributed by atoms with Crippen LogP contribution in [0.25, 0.3) is 0 Å². The fraction of sp³-hybridized carbons (Fsp3) is 0.562. The molecule has 1 heterocycles. The van der Waals surface area contributed by atoms with Crippen LogP contribution in [-0.2, 0) is 4.74 Å². The molecule has 128 valence electrons. The minimum atomic E-state index is -0.546. The Morgan fingerprint density at radius 1 is 1.35 bits per heavy atom. The Labute approximate surface area is 141 Å². The number of ether oxygens (including phenoxy) is 2. The average Bonchev–Trinajstić information content (AvgIpc) is 2.55. The number of aliphatic hydroxyl groups excluding tert-OH is 1. The topological polar surface area (TPSA) is 63.4 Å². The third-order valence-electron chi connectivity index (χ3n) is 3.78. The molecule has 0 aliphatic carbocycles. The Bertz CT molecular complexity index is 489. The van der Waals surface area contributed by atoms with Crippen molar-refractivity contribution in [3.8, 4) is 5.75 Å². The maximum absolute atomic E-state index is 11.6. The first-order chi connectivity index (χ1) is 11.1. The highest BCUT2D eigenvalue weighted by molar-refractivity contribution is 6.30. The zero-order valence-corrected chi connectivity index (χ0v) is 14.1. The van der Waals surface area contributed by atoms with Gasteiger partial charge in [0.05, 0.1) is 32.8 Å². The van der Waals surface area contributed by atoms with Crippen LogP contribution in [0.5, 0.6) is 5.75 Å². The lowest BCUT2D eigenvalue weighted by Gasteiger charge is -2.32. The molecular weight excluding hydrogens is 320 g/mol. The van der Waals surface area contributed by atoms with Gasteiger partial charge in [0.2, 0.25) is 0 Å².